The number of carbonyl (C=O) groups is 2. The minimum atomic E-state index is -1.14. The lowest BCUT2D eigenvalue weighted by molar-refractivity contribution is 0.0671. The topological polar surface area (TPSA) is 99.2 Å². The van der Waals surface area contributed by atoms with E-state index in [4.69, 9.17) is 0 Å². The Morgan fingerprint density at radius 3 is 2.92 bits per heavy atom. The molecule has 7 nitrogen and oxygen atoms in total. The molecule has 2 N–H and O–H groups in total. The van der Waals surface area contributed by atoms with E-state index in [-0.39, 0.29) is 17.6 Å². The summed E-state index contributed by atoms with van der Waals surface area (Å²) < 4.78 is 0.839. The Kier molecular flexibility index (Phi) is 4.66. The summed E-state index contributed by atoms with van der Waals surface area (Å²) in [5.41, 5.74) is 1.80. The Morgan fingerprint density at radius 2 is 2.21 bits per heavy atom. The van der Waals surface area contributed by atoms with Crippen LogP contribution < -0.4 is 0 Å². The minimum absolute atomic E-state index is 0.102. The first-order chi connectivity index (χ1) is 11.5. The van der Waals surface area contributed by atoms with Gasteiger partial charge in [0, 0.05) is 16.6 Å². The van der Waals surface area contributed by atoms with Gasteiger partial charge in [0.1, 0.15) is 5.69 Å². The largest absolute Gasteiger partial charge is 0.476 e. The zero-order valence-electron chi connectivity index (χ0n) is 13.1. The van der Waals surface area contributed by atoms with Gasteiger partial charge in [-0.05, 0) is 37.0 Å². The zero-order chi connectivity index (χ0) is 17.3. The first kappa shape index (κ1) is 16.6. The summed E-state index contributed by atoms with van der Waals surface area (Å²) in [6, 6.07) is 5.29. The SMILES string of the molecule is CCc1ccc(Br)cc1C(=O)N1CCCC1c1n[nH]nc1C(=O)O. The number of nitrogens with one attached hydrogen (secondary N) is 1. The fourth-order valence-corrected chi connectivity index (χ4v) is 3.49. The molecule has 8 heteroatoms. The molecule has 0 bridgehead atoms. The van der Waals surface area contributed by atoms with Crippen LogP contribution >= 0.6 is 15.9 Å². The molecule has 24 heavy (non-hydrogen) atoms. The van der Waals surface area contributed by atoms with E-state index < -0.39 is 5.97 Å². The highest BCUT2D eigenvalue weighted by Crippen LogP contribution is 2.34. The average Bonchev–Trinajstić information content (AvgIpc) is 3.22. The summed E-state index contributed by atoms with van der Waals surface area (Å²) in [6.45, 7) is 2.58. The molecule has 2 heterocycles. The van der Waals surface area contributed by atoms with Crippen LogP contribution in [0.25, 0.3) is 0 Å². The van der Waals surface area contributed by atoms with Gasteiger partial charge in [-0.3, -0.25) is 4.79 Å². The molecular formula is C16H17BrN4O3. The number of hydrogen-bond acceptors (Lipinski definition) is 4. The van der Waals surface area contributed by atoms with Crippen LogP contribution in [0.5, 0.6) is 0 Å². The number of carboxylic acids is 1. The molecule has 0 spiro atoms. The zero-order valence-corrected chi connectivity index (χ0v) is 14.7. The molecular weight excluding hydrogens is 376 g/mol. The first-order valence-electron chi connectivity index (χ1n) is 7.76. The Morgan fingerprint density at radius 1 is 1.42 bits per heavy atom. The molecule has 0 radical (unpaired) electrons. The van der Waals surface area contributed by atoms with Crippen molar-refractivity contribution in [1.82, 2.24) is 20.3 Å². The molecule has 1 fully saturated rings. The molecule has 2 aromatic rings. The number of carboxylic acid groups (broad SMARTS) is 1. The molecule has 1 aromatic heterocycles. The number of likely N-dealkylation sites (tertiary alicyclic amines) is 1. The van der Waals surface area contributed by atoms with Gasteiger partial charge >= 0.3 is 5.97 Å². The molecule has 1 saturated heterocycles. The van der Waals surface area contributed by atoms with Crippen molar-refractivity contribution in [2.75, 3.05) is 6.54 Å². The molecule has 0 saturated carbocycles. The van der Waals surface area contributed by atoms with Crippen molar-refractivity contribution in [3.8, 4) is 0 Å². The normalized spacial score (nSPS) is 17.2. The van der Waals surface area contributed by atoms with Crippen molar-refractivity contribution < 1.29 is 14.7 Å². The highest BCUT2D eigenvalue weighted by Gasteiger charge is 2.36. The summed E-state index contributed by atoms with van der Waals surface area (Å²) in [5, 5.41) is 19.3. The number of aromatic carboxylic acids is 1. The van der Waals surface area contributed by atoms with Crippen molar-refractivity contribution in [2.24, 2.45) is 0 Å². The van der Waals surface area contributed by atoms with E-state index in [1.54, 1.807) is 4.90 Å². The van der Waals surface area contributed by atoms with Crippen LogP contribution in [0.2, 0.25) is 0 Å². The Balaban J connectivity index is 1.96. The molecule has 1 unspecified atom stereocenters. The second-order valence-electron chi connectivity index (χ2n) is 5.67. The maximum absolute atomic E-state index is 13.1. The predicted octanol–water partition coefficient (Wildman–Crippen LogP) is 2.81. The molecule has 1 aliphatic heterocycles. The summed E-state index contributed by atoms with van der Waals surface area (Å²) in [7, 11) is 0. The van der Waals surface area contributed by atoms with Gasteiger partial charge in [-0.2, -0.15) is 10.3 Å². The molecule has 0 aliphatic carbocycles. The number of rotatable bonds is 4. The predicted molar refractivity (Wildman–Crippen MR) is 89.9 cm³/mol. The number of aromatic amines is 1. The van der Waals surface area contributed by atoms with Crippen molar-refractivity contribution >= 4 is 27.8 Å². The fourth-order valence-electron chi connectivity index (χ4n) is 3.13. The summed E-state index contributed by atoms with van der Waals surface area (Å²) in [4.78, 5) is 26.1. The van der Waals surface area contributed by atoms with E-state index in [1.165, 1.54) is 0 Å². The van der Waals surface area contributed by atoms with Crippen molar-refractivity contribution in [3.63, 3.8) is 0 Å². The molecule has 1 aromatic carbocycles. The number of hydrogen-bond donors (Lipinski definition) is 2. The third-order valence-electron chi connectivity index (χ3n) is 4.29. The minimum Gasteiger partial charge on any atom is -0.476 e. The van der Waals surface area contributed by atoms with E-state index in [9.17, 15) is 14.7 Å². The van der Waals surface area contributed by atoms with E-state index >= 15 is 0 Å². The van der Waals surface area contributed by atoms with Gasteiger partial charge in [0.2, 0.25) is 0 Å². The third kappa shape index (κ3) is 2.93. The van der Waals surface area contributed by atoms with Crippen LogP contribution in [-0.4, -0.2) is 43.8 Å². The second kappa shape index (κ2) is 6.72. The second-order valence-corrected chi connectivity index (χ2v) is 6.59. The van der Waals surface area contributed by atoms with Crippen molar-refractivity contribution in [2.45, 2.75) is 32.2 Å². The number of aromatic nitrogens is 3. The van der Waals surface area contributed by atoms with Gasteiger partial charge in [0.05, 0.1) is 6.04 Å². The van der Waals surface area contributed by atoms with Gasteiger partial charge in [0.25, 0.3) is 5.91 Å². The Labute approximate surface area is 147 Å². The lowest BCUT2D eigenvalue weighted by Gasteiger charge is -2.24. The van der Waals surface area contributed by atoms with Gasteiger partial charge < -0.3 is 10.0 Å². The standard InChI is InChI=1S/C16H17BrN4O3/c1-2-9-5-6-10(17)8-11(9)15(22)21-7-3-4-12(21)13-14(16(23)24)19-20-18-13/h5-6,8,12H,2-4,7H2,1H3,(H,23,24)(H,18,19,20). The Hall–Kier alpha value is -2.22. The lowest BCUT2D eigenvalue weighted by atomic mass is 10.0. The maximum atomic E-state index is 13.1. The Bertz CT molecular complexity index is 789. The van der Waals surface area contributed by atoms with E-state index in [0.29, 0.717) is 24.2 Å². The molecule has 1 aliphatic rings. The van der Waals surface area contributed by atoms with Gasteiger partial charge in [-0.1, -0.05) is 28.9 Å². The number of benzene rings is 1. The monoisotopic (exact) mass is 392 g/mol. The summed E-state index contributed by atoms with van der Waals surface area (Å²) >= 11 is 3.41. The van der Waals surface area contributed by atoms with Crippen LogP contribution in [0.3, 0.4) is 0 Å². The highest BCUT2D eigenvalue weighted by atomic mass is 79.9. The fraction of sp³-hybridized carbons (Fsp3) is 0.375. The summed E-state index contributed by atoms with van der Waals surface area (Å²) in [6.07, 6.45) is 2.23. The van der Waals surface area contributed by atoms with Crippen molar-refractivity contribution in [1.29, 1.82) is 0 Å². The highest BCUT2D eigenvalue weighted by molar-refractivity contribution is 9.10. The van der Waals surface area contributed by atoms with Gasteiger partial charge in [-0.25, -0.2) is 4.79 Å². The van der Waals surface area contributed by atoms with Crippen LogP contribution in [0.15, 0.2) is 22.7 Å². The van der Waals surface area contributed by atoms with Gasteiger partial charge in [-0.15, -0.1) is 5.10 Å². The van der Waals surface area contributed by atoms with E-state index in [1.807, 2.05) is 25.1 Å². The number of nitrogens with zero attached hydrogens (tertiary/aromatic N) is 3. The van der Waals surface area contributed by atoms with Gasteiger partial charge in [0.15, 0.2) is 5.69 Å². The van der Waals surface area contributed by atoms with Crippen LogP contribution in [0, 0.1) is 0 Å². The van der Waals surface area contributed by atoms with Crippen molar-refractivity contribution in [3.05, 3.63) is 45.2 Å². The van der Waals surface area contributed by atoms with E-state index in [0.717, 1.165) is 22.9 Å². The molecule has 126 valence electrons. The molecule has 3 rings (SSSR count). The number of carbonyl (C=O) groups excluding carboxylic acids is 1. The number of halogens is 1. The number of aryl methyl sites for hydroxylation is 1. The first-order valence-corrected chi connectivity index (χ1v) is 8.55. The van der Waals surface area contributed by atoms with Crippen LogP contribution in [0.1, 0.15) is 57.9 Å². The van der Waals surface area contributed by atoms with E-state index in [2.05, 4.69) is 31.3 Å². The maximum Gasteiger partial charge on any atom is 0.358 e. The van der Waals surface area contributed by atoms with Crippen LogP contribution in [0.4, 0.5) is 0 Å². The number of amides is 1. The smallest absolute Gasteiger partial charge is 0.358 e. The molecule has 1 atom stereocenters. The average molecular weight is 393 g/mol. The van der Waals surface area contributed by atoms with Crippen LogP contribution in [-0.2, 0) is 6.42 Å². The quantitative estimate of drug-likeness (QED) is 0.832. The summed E-state index contributed by atoms with van der Waals surface area (Å²) in [5.74, 6) is -1.25. The molecule has 1 amide bonds. The lowest BCUT2D eigenvalue weighted by Crippen LogP contribution is -2.32. The third-order valence-corrected chi connectivity index (χ3v) is 4.78. The number of H-pyrrole nitrogens is 1.